The van der Waals surface area contributed by atoms with Gasteiger partial charge in [0.1, 0.15) is 0 Å². The van der Waals surface area contributed by atoms with E-state index in [1.54, 1.807) is 31.2 Å². The van der Waals surface area contributed by atoms with E-state index in [-0.39, 0.29) is 29.2 Å². The van der Waals surface area contributed by atoms with Crippen LogP contribution in [0, 0.1) is 5.92 Å². The van der Waals surface area contributed by atoms with Gasteiger partial charge in [-0.25, -0.2) is 8.42 Å². The highest BCUT2D eigenvalue weighted by molar-refractivity contribution is 7.92. The molecular weight excluding hydrogens is 288 g/mol. The zero-order valence-corrected chi connectivity index (χ0v) is 13.6. The van der Waals surface area contributed by atoms with Gasteiger partial charge in [-0.2, -0.15) is 0 Å². The summed E-state index contributed by atoms with van der Waals surface area (Å²) in [7, 11) is -3.13. The third-order valence-corrected chi connectivity index (χ3v) is 6.07. The Labute approximate surface area is 126 Å². The lowest BCUT2D eigenvalue weighted by atomic mass is 10.2. The molecule has 1 atom stereocenters. The fourth-order valence-corrected chi connectivity index (χ4v) is 3.57. The lowest BCUT2D eigenvalue weighted by Crippen LogP contribution is -2.26. The summed E-state index contributed by atoms with van der Waals surface area (Å²) < 4.78 is 24.0. The first-order valence-corrected chi connectivity index (χ1v) is 8.81. The summed E-state index contributed by atoms with van der Waals surface area (Å²) in [6.45, 7) is 5.49. The molecule has 0 aliphatic heterocycles. The number of nitrogen functional groups attached to an aromatic ring is 1. The van der Waals surface area contributed by atoms with Gasteiger partial charge in [-0.3, -0.25) is 4.79 Å². The van der Waals surface area contributed by atoms with Crippen molar-refractivity contribution in [2.45, 2.75) is 38.9 Å². The van der Waals surface area contributed by atoms with Gasteiger partial charge in [0.25, 0.3) is 0 Å². The average molecular weight is 312 g/mol. The van der Waals surface area contributed by atoms with Crippen LogP contribution in [0.15, 0.2) is 24.3 Å². The summed E-state index contributed by atoms with van der Waals surface area (Å²) in [6, 6.07) is 6.82. The molecule has 0 bridgehead atoms. The van der Waals surface area contributed by atoms with Gasteiger partial charge in [-0.1, -0.05) is 13.8 Å². The van der Waals surface area contributed by atoms with Crippen LogP contribution in [0.4, 0.5) is 11.4 Å². The van der Waals surface area contributed by atoms with Crippen LogP contribution < -0.4 is 11.1 Å². The normalized spacial score (nSPS) is 13.1. The maximum atomic E-state index is 12.0. The van der Waals surface area contributed by atoms with E-state index < -0.39 is 9.84 Å². The zero-order valence-electron chi connectivity index (χ0n) is 12.8. The highest BCUT2D eigenvalue weighted by Gasteiger charge is 2.23. The molecular formula is C15H24N2O3S. The first-order chi connectivity index (χ1) is 9.72. The number of nitrogens with one attached hydrogen (secondary N) is 1. The van der Waals surface area contributed by atoms with Crippen LogP contribution >= 0.6 is 0 Å². The second kappa shape index (κ2) is 7.45. The van der Waals surface area contributed by atoms with Crippen molar-refractivity contribution in [2.75, 3.05) is 16.8 Å². The van der Waals surface area contributed by atoms with Crippen LogP contribution in [0.3, 0.4) is 0 Å². The van der Waals surface area contributed by atoms with Gasteiger partial charge >= 0.3 is 0 Å². The fraction of sp³-hybridized carbons (Fsp3) is 0.533. The molecule has 0 aromatic heterocycles. The number of hydrogen-bond acceptors (Lipinski definition) is 4. The molecule has 5 nitrogen and oxygen atoms in total. The van der Waals surface area contributed by atoms with E-state index in [1.807, 2.05) is 13.8 Å². The van der Waals surface area contributed by atoms with Crippen molar-refractivity contribution in [3.05, 3.63) is 24.3 Å². The van der Waals surface area contributed by atoms with Crippen LogP contribution in [-0.4, -0.2) is 25.3 Å². The number of carbonyl (C=O) groups is 1. The average Bonchev–Trinajstić information content (AvgIpc) is 2.40. The maximum absolute atomic E-state index is 12.0. The van der Waals surface area contributed by atoms with Gasteiger partial charge in [0.2, 0.25) is 5.91 Å². The highest BCUT2D eigenvalue weighted by Crippen LogP contribution is 2.15. The second-order valence-electron chi connectivity index (χ2n) is 5.59. The number of sulfone groups is 1. The highest BCUT2D eigenvalue weighted by atomic mass is 32.2. The topological polar surface area (TPSA) is 89.3 Å². The van der Waals surface area contributed by atoms with Gasteiger partial charge in [0.05, 0.1) is 11.0 Å². The van der Waals surface area contributed by atoms with E-state index in [9.17, 15) is 13.2 Å². The van der Waals surface area contributed by atoms with Gasteiger partial charge in [0, 0.05) is 17.8 Å². The predicted octanol–water partition coefficient (Wildman–Crippen LogP) is 2.45. The molecule has 6 heteroatoms. The molecule has 118 valence electrons. The maximum Gasteiger partial charge on any atom is 0.224 e. The van der Waals surface area contributed by atoms with Gasteiger partial charge < -0.3 is 11.1 Å². The van der Waals surface area contributed by atoms with Crippen LogP contribution in [0.5, 0.6) is 0 Å². The van der Waals surface area contributed by atoms with Gasteiger partial charge in [-0.05, 0) is 43.5 Å². The van der Waals surface area contributed by atoms with Crippen molar-refractivity contribution >= 4 is 27.1 Å². The number of carbonyl (C=O) groups excluding carboxylic acids is 1. The van der Waals surface area contributed by atoms with E-state index in [0.29, 0.717) is 17.8 Å². The molecule has 3 N–H and O–H groups in total. The minimum Gasteiger partial charge on any atom is -0.399 e. The molecule has 0 aliphatic rings. The Bertz CT molecular complexity index is 565. The van der Waals surface area contributed by atoms with Crippen molar-refractivity contribution in [3.63, 3.8) is 0 Å². The van der Waals surface area contributed by atoms with E-state index >= 15 is 0 Å². The van der Waals surface area contributed by atoms with E-state index in [4.69, 9.17) is 5.73 Å². The lowest BCUT2D eigenvalue weighted by Gasteiger charge is -2.16. The summed E-state index contributed by atoms with van der Waals surface area (Å²) in [5, 5.41) is 2.34. The second-order valence-corrected chi connectivity index (χ2v) is 8.07. The summed E-state index contributed by atoms with van der Waals surface area (Å²) >= 11 is 0. The molecule has 1 unspecified atom stereocenters. The van der Waals surface area contributed by atoms with Gasteiger partial charge in [-0.15, -0.1) is 0 Å². The summed E-state index contributed by atoms with van der Waals surface area (Å²) in [6.07, 6.45) is 0.522. The molecule has 0 fully saturated rings. The smallest absolute Gasteiger partial charge is 0.224 e. The molecule has 1 aromatic carbocycles. The van der Waals surface area contributed by atoms with Crippen LogP contribution in [0.25, 0.3) is 0 Å². The number of rotatable bonds is 7. The Hall–Kier alpha value is -1.56. The summed E-state index contributed by atoms with van der Waals surface area (Å²) in [4.78, 5) is 11.7. The molecule has 0 aliphatic carbocycles. The van der Waals surface area contributed by atoms with Gasteiger partial charge in [0.15, 0.2) is 9.84 Å². The minimum atomic E-state index is -3.13. The summed E-state index contributed by atoms with van der Waals surface area (Å²) in [5.41, 5.74) is 6.85. The molecule has 0 radical (unpaired) electrons. The predicted molar refractivity (Wildman–Crippen MR) is 86.8 cm³/mol. The van der Waals surface area contributed by atoms with Crippen molar-refractivity contribution in [3.8, 4) is 0 Å². The molecule has 0 heterocycles. The quantitative estimate of drug-likeness (QED) is 0.757. The molecule has 1 rings (SSSR count). The SMILES string of the molecule is CC(C)C(C)S(=O)(=O)CCCC(=O)Nc1ccc(N)cc1. The Morgan fingerprint density at radius 1 is 1.19 bits per heavy atom. The number of anilines is 2. The Morgan fingerprint density at radius 2 is 1.76 bits per heavy atom. The Morgan fingerprint density at radius 3 is 2.29 bits per heavy atom. The van der Waals surface area contributed by atoms with Crippen molar-refractivity contribution in [1.29, 1.82) is 0 Å². The molecule has 1 amide bonds. The largest absolute Gasteiger partial charge is 0.399 e. The summed E-state index contributed by atoms with van der Waals surface area (Å²) in [5.74, 6) is -0.0626. The number of benzene rings is 1. The number of hydrogen-bond donors (Lipinski definition) is 2. The van der Waals surface area contributed by atoms with Crippen molar-refractivity contribution < 1.29 is 13.2 Å². The first kappa shape index (κ1) is 17.5. The Balaban J connectivity index is 2.42. The first-order valence-electron chi connectivity index (χ1n) is 7.09. The van der Waals surface area contributed by atoms with Crippen LogP contribution in [0.2, 0.25) is 0 Å². The lowest BCUT2D eigenvalue weighted by molar-refractivity contribution is -0.116. The Kier molecular flexibility index (Phi) is 6.20. The van der Waals surface area contributed by atoms with Crippen molar-refractivity contribution in [1.82, 2.24) is 0 Å². The zero-order chi connectivity index (χ0) is 16.0. The molecule has 0 spiro atoms. The number of amides is 1. The van der Waals surface area contributed by atoms with Crippen LogP contribution in [0.1, 0.15) is 33.6 Å². The van der Waals surface area contributed by atoms with Crippen LogP contribution in [-0.2, 0) is 14.6 Å². The number of nitrogens with two attached hydrogens (primary N) is 1. The van der Waals surface area contributed by atoms with E-state index in [1.165, 1.54) is 0 Å². The molecule has 21 heavy (non-hydrogen) atoms. The standard InChI is InChI=1S/C15H24N2O3S/c1-11(2)12(3)21(19,20)10-4-5-15(18)17-14-8-6-13(16)7-9-14/h6-9,11-12H,4-5,10,16H2,1-3H3,(H,17,18). The monoisotopic (exact) mass is 312 g/mol. The molecule has 1 aromatic rings. The van der Waals surface area contributed by atoms with E-state index in [0.717, 1.165) is 0 Å². The molecule has 0 saturated carbocycles. The van der Waals surface area contributed by atoms with Crippen molar-refractivity contribution in [2.24, 2.45) is 5.92 Å². The van der Waals surface area contributed by atoms with E-state index in [2.05, 4.69) is 5.32 Å². The third kappa shape index (κ3) is 5.75. The molecule has 0 saturated heterocycles. The third-order valence-electron chi connectivity index (χ3n) is 3.53. The fourth-order valence-electron chi connectivity index (χ4n) is 1.82. The minimum absolute atomic E-state index is 0.0432.